The van der Waals surface area contributed by atoms with E-state index in [0.29, 0.717) is 25.9 Å². The maximum absolute atomic E-state index is 11.6. The molecule has 0 aromatic rings. The van der Waals surface area contributed by atoms with Crippen molar-refractivity contribution in [3.8, 4) is 0 Å². The van der Waals surface area contributed by atoms with Crippen LogP contribution in [0.1, 0.15) is 25.7 Å². The van der Waals surface area contributed by atoms with Crippen LogP contribution in [-0.4, -0.2) is 60.6 Å². The molecule has 7 heteroatoms. The maximum Gasteiger partial charge on any atom is 0.323 e. The number of ether oxygens (including phenoxy) is 1. The molecule has 19 heavy (non-hydrogen) atoms. The molecule has 108 valence electrons. The van der Waals surface area contributed by atoms with Crippen molar-refractivity contribution < 1.29 is 24.2 Å². The Morgan fingerprint density at radius 2 is 2.16 bits per heavy atom. The summed E-state index contributed by atoms with van der Waals surface area (Å²) in [5.74, 6) is -1.38. The number of aliphatic carboxylic acids is 1. The van der Waals surface area contributed by atoms with Gasteiger partial charge in [-0.1, -0.05) is 0 Å². The van der Waals surface area contributed by atoms with Gasteiger partial charge in [0.15, 0.2) is 0 Å². The van der Waals surface area contributed by atoms with Gasteiger partial charge in [-0.15, -0.1) is 0 Å². The number of rotatable bonds is 7. The van der Waals surface area contributed by atoms with Gasteiger partial charge in [0, 0.05) is 13.0 Å². The normalized spacial score (nSPS) is 19.1. The van der Waals surface area contributed by atoms with Crippen molar-refractivity contribution in [2.24, 2.45) is 0 Å². The minimum Gasteiger partial charge on any atom is -0.481 e. The minimum absolute atomic E-state index is 0.0365. The van der Waals surface area contributed by atoms with E-state index in [-0.39, 0.29) is 30.9 Å². The molecule has 1 aliphatic rings. The molecule has 0 aliphatic carbocycles. The first kappa shape index (κ1) is 15.4. The molecule has 1 atom stereocenters. The van der Waals surface area contributed by atoms with Crippen LogP contribution >= 0.6 is 0 Å². The second-order valence-electron chi connectivity index (χ2n) is 4.50. The molecule has 0 aromatic carbocycles. The third-order valence-corrected chi connectivity index (χ3v) is 3.07. The fourth-order valence-corrected chi connectivity index (χ4v) is 2.13. The number of esters is 1. The average Bonchev–Trinajstić information content (AvgIpc) is 2.81. The third-order valence-electron chi connectivity index (χ3n) is 3.07. The number of hydrogen-bond acceptors (Lipinski definition) is 5. The molecule has 1 rings (SSSR count). The molecule has 0 aromatic heterocycles. The Morgan fingerprint density at radius 1 is 1.42 bits per heavy atom. The summed E-state index contributed by atoms with van der Waals surface area (Å²) in [4.78, 5) is 35.2. The topological polar surface area (TPSA) is 95.9 Å². The predicted octanol–water partition coefficient (Wildman–Crippen LogP) is -0.395. The molecule has 1 aliphatic heterocycles. The number of likely N-dealkylation sites (tertiary alicyclic amines) is 1. The number of amides is 1. The van der Waals surface area contributed by atoms with Crippen molar-refractivity contribution in [3.05, 3.63) is 0 Å². The second-order valence-corrected chi connectivity index (χ2v) is 4.50. The van der Waals surface area contributed by atoms with Crippen LogP contribution in [0.15, 0.2) is 0 Å². The number of hydrogen-bond donors (Lipinski definition) is 2. The fourth-order valence-electron chi connectivity index (χ4n) is 2.13. The molecule has 1 unspecified atom stereocenters. The van der Waals surface area contributed by atoms with Gasteiger partial charge in [0.2, 0.25) is 5.91 Å². The van der Waals surface area contributed by atoms with E-state index in [1.54, 1.807) is 4.90 Å². The summed E-state index contributed by atoms with van der Waals surface area (Å²) in [6.07, 6.45) is 2.02. The van der Waals surface area contributed by atoms with E-state index < -0.39 is 5.97 Å². The fraction of sp³-hybridized carbons (Fsp3) is 0.750. The Labute approximate surface area is 111 Å². The monoisotopic (exact) mass is 272 g/mol. The molecule has 1 heterocycles. The number of carbonyl (C=O) groups excluding carboxylic acids is 2. The standard InChI is InChI=1S/C12H20N2O5/c1-19-12(18)9-4-3-7-14(9)8-10(15)13-6-2-5-11(16)17/h9H,2-8H2,1H3,(H,13,15)(H,16,17). The van der Waals surface area contributed by atoms with E-state index in [0.717, 1.165) is 6.42 Å². The molecular weight excluding hydrogens is 252 g/mol. The number of carboxylic acids is 1. The van der Waals surface area contributed by atoms with Crippen molar-refractivity contribution in [2.75, 3.05) is 26.7 Å². The number of nitrogens with zero attached hydrogens (tertiary/aromatic N) is 1. The van der Waals surface area contributed by atoms with Crippen molar-refractivity contribution in [1.82, 2.24) is 10.2 Å². The molecule has 0 radical (unpaired) electrons. The Balaban J connectivity index is 2.27. The highest BCUT2D eigenvalue weighted by atomic mass is 16.5. The average molecular weight is 272 g/mol. The molecule has 1 saturated heterocycles. The molecule has 0 saturated carbocycles. The maximum atomic E-state index is 11.6. The SMILES string of the molecule is COC(=O)C1CCCN1CC(=O)NCCCC(=O)O. The third kappa shape index (κ3) is 5.25. The first-order chi connectivity index (χ1) is 9.04. The Morgan fingerprint density at radius 3 is 2.79 bits per heavy atom. The smallest absolute Gasteiger partial charge is 0.323 e. The highest BCUT2D eigenvalue weighted by Crippen LogP contribution is 2.17. The van der Waals surface area contributed by atoms with Gasteiger partial charge in [0.1, 0.15) is 6.04 Å². The Bertz CT molecular complexity index is 345. The van der Waals surface area contributed by atoms with E-state index in [2.05, 4.69) is 5.32 Å². The van der Waals surface area contributed by atoms with E-state index >= 15 is 0 Å². The quantitative estimate of drug-likeness (QED) is 0.484. The second kappa shape index (κ2) is 7.73. The number of nitrogens with one attached hydrogen (secondary N) is 1. The molecule has 7 nitrogen and oxygen atoms in total. The van der Waals surface area contributed by atoms with Crippen LogP contribution < -0.4 is 5.32 Å². The van der Waals surface area contributed by atoms with Gasteiger partial charge in [0.05, 0.1) is 13.7 Å². The van der Waals surface area contributed by atoms with Gasteiger partial charge in [-0.2, -0.15) is 0 Å². The summed E-state index contributed by atoms with van der Waals surface area (Å²) in [5.41, 5.74) is 0. The van der Waals surface area contributed by atoms with Crippen molar-refractivity contribution in [2.45, 2.75) is 31.7 Å². The molecular formula is C12H20N2O5. The number of methoxy groups -OCH3 is 1. The van der Waals surface area contributed by atoms with Gasteiger partial charge in [0.25, 0.3) is 0 Å². The lowest BCUT2D eigenvalue weighted by atomic mass is 10.2. The van der Waals surface area contributed by atoms with Crippen LogP contribution in [0.5, 0.6) is 0 Å². The zero-order chi connectivity index (χ0) is 14.3. The lowest BCUT2D eigenvalue weighted by Gasteiger charge is -2.21. The predicted molar refractivity (Wildman–Crippen MR) is 66.5 cm³/mol. The summed E-state index contributed by atoms with van der Waals surface area (Å²) in [6.45, 7) is 1.18. The minimum atomic E-state index is -0.875. The zero-order valence-corrected chi connectivity index (χ0v) is 11.1. The van der Waals surface area contributed by atoms with E-state index in [1.165, 1.54) is 7.11 Å². The van der Waals surface area contributed by atoms with Gasteiger partial charge >= 0.3 is 11.9 Å². The molecule has 2 N–H and O–H groups in total. The van der Waals surface area contributed by atoms with Crippen molar-refractivity contribution >= 4 is 17.8 Å². The summed E-state index contributed by atoms with van der Waals surface area (Å²) in [6, 6.07) is -0.338. The van der Waals surface area contributed by atoms with E-state index in [1.807, 2.05) is 0 Å². The van der Waals surface area contributed by atoms with Gasteiger partial charge < -0.3 is 15.2 Å². The lowest BCUT2D eigenvalue weighted by molar-refractivity contribution is -0.146. The van der Waals surface area contributed by atoms with Crippen molar-refractivity contribution in [1.29, 1.82) is 0 Å². The first-order valence-electron chi connectivity index (χ1n) is 6.35. The zero-order valence-electron chi connectivity index (χ0n) is 11.1. The first-order valence-corrected chi connectivity index (χ1v) is 6.35. The summed E-state index contributed by atoms with van der Waals surface area (Å²) in [7, 11) is 1.34. The number of carbonyl (C=O) groups is 3. The van der Waals surface area contributed by atoms with Crippen LogP contribution in [0.25, 0.3) is 0 Å². The number of carboxylic acid groups (broad SMARTS) is 1. The van der Waals surface area contributed by atoms with Crippen LogP contribution in [0.2, 0.25) is 0 Å². The van der Waals surface area contributed by atoms with E-state index in [4.69, 9.17) is 9.84 Å². The summed E-state index contributed by atoms with van der Waals surface area (Å²) >= 11 is 0. The van der Waals surface area contributed by atoms with Crippen LogP contribution in [0, 0.1) is 0 Å². The van der Waals surface area contributed by atoms with Gasteiger partial charge in [-0.25, -0.2) is 0 Å². The van der Waals surface area contributed by atoms with E-state index in [9.17, 15) is 14.4 Å². The van der Waals surface area contributed by atoms with Crippen molar-refractivity contribution in [3.63, 3.8) is 0 Å². The molecule has 1 fully saturated rings. The van der Waals surface area contributed by atoms with Crippen LogP contribution in [0.3, 0.4) is 0 Å². The Hall–Kier alpha value is -1.63. The summed E-state index contributed by atoms with van der Waals surface area (Å²) < 4.78 is 4.69. The highest BCUT2D eigenvalue weighted by molar-refractivity contribution is 5.80. The Kier molecular flexibility index (Phi) is 6.27. The highest BCUT2D eigenvalue weighted by Gasteiger charge is 2.32. The molecule has 0 bridgehead atoms. The molecule has 0 spiro atoms. The molecule has 1 amide bonds. The largest absolute Gasteiger partial charge is 0.481 e. The lowest BCUT2D eigenvalue weighted by Crippen LogP contribution is -2.43. The van der Waals surface area contributed by atoms with Gasteiger partial charge in [-0.3, -0.25) is 19.3 Å². The van der Waals surface area contributed by atoms with Gasteiger partial charge in [-0.05, 0) is 25.8 Å². The summed E-state index contributed by atoms with van der Waals surface area (Å²) in [5, 5.41) is 11.1. The van der Waals surface area contributed by atoms with Crippen LogP contribution in [0.4, 0.5) is 0 Å². The van der Waals surface area contributed by atoms with Crippen LogP contribution in [-0.2, 0) is 19.1 Å².